The number of carbonyl (C=O) groups excluding carboxylic acids is 2. The summed E-state index contributed by atoms with van der Waals surface area (Å²) < 4.78 is 26.8. The van der Waals surface area contributed by atoms with Crippen LogP contribution < -0.4 is 15.6 Å². The second kappa shape index (κ2) is 7.79. The third kappa shape index (κ3) is 4.74. The van der Waals surface area contributed by atoms with Crippen LogP contribution in [0.2, 0.25) is 0 Å². The summed E-state index contributed by atoms with van der Waals surface area (Å²) in [7, 11) is -3.56. The molecule has 27 heavy (non-hydrogen) atoms. The minimum Gasteiger partial charge on any atom is -0.267 e. The van der Waals surface area contributed by atoms with Crippen LogP contribution in [0, 0.1) is 6.92 Å². The molecule has 1 aliphatic rings. The van der Waals surface area contributed by atoms with E-state index in [1.165, 1.54) is 35.6 Å². The monoisotopic (exact) mass is 407 g/mol. The molecule has 9 heteroatoms. The first-order chi connectivity index (χ1) is 12.8. The lowest BCUT2D eigenvalue weighted by atomic mass is 10.2. The van der Waals surface area contributed by atoms with Gasteiger partial charge in [-0.2, -0.15) is 0 Å². The quantitative estimate of drug-likeness (QED) is 0.638. The number of rotatable bonds is 6. The lowest BCUT2D eigenvalue weighted by molar-refractivity contribution is 0.0849. The van der Waals surface area contributed by atoms with Gasteiger partial charge in [0, 0.05) is 16.5 Å². The number of sulfonamides is 1. The molecule has 3 rings (SSSR count). The fourth-order valence-corrected chi connectivity index (χ4v) is 4.82. The maximum Gasteiger partial charge on any atom is 0.279 e. The standard InChI is InChI=1S/C18H21N3O4S2/c1-3-15-11(2)10-16(26-15)18(23)20-19-17(22)12-4-8-14(9-5-12)27(24,25)21-13-6-7-13/h4-5,8-10,13,21H,3,6-7H2,1-2H3,(H,19,22)(H,20,23). The lowest BCUT2D eigenvalue weighted by Crippen LogP contribution is -2.41. The molecule has 1 aromatic heterocycles. The van der Waals surface area contributed by atoms with E-state index in [1.54, 1.807) is 6.07 Å². The van der Waals surface area contributed by atoms with Crippen LogP contribution >= 0.6 is 11.3 Å². The average molecular weight is 408 g/mol. The first-order valence-corrected chi connectivity index (χ1v) is 10.9. The van der Waals surface area contributed by atoms with Crippen molar-refractivity contribution in [2.45, 2.75) is 44.0 Å². The smallest absolute Gasteiger partial charge is 0.267 e. The Morgan fingerprint density at radius 2 is 1.74 bits per heavy atom. The first kappa shape index (κ1) is 19.5. The number of benzene rings is 1. The fraction of sp³-hybridized carbons (Fsp3) is 0.333. The summed E-state index contributed by atoms with van der Waals surface area (Å²) in [6, 6.07) is 7.37. The van der Waals surface area contributed by atoms with Crippen LogP contribution in [0.25, 0.3) is 0 Å². The zero-order chi connectivity index (χ0) is 19.6. The Kier molecular flexibility index (Phi) is 5.64. The van der Waals surface area contributed by atoms with Crippen LogP contribution in [0.15, 0.2) is 35.2 Å². The number of amides is 2. The topological polar surface area (TPSA) is 104 Å². The Hall–Kier alpha value is -2.23. The van der Waals surface area contributed by atoms with Crippen LogP contribution in [-0.4, -0.2) is 26.3 Å². The van der Waals surface area contributed by atoms with Crippen molar-refractivity contribution >= 4 is 33.2 Å². The molecule has 0 spiro atoms. The van der Waals surface area contributed by atoms with Crippen molar-refractivity contribution in [3.8, 4) is 0 Å². The molecule has 2 amide bonds. The number of carbonyl (C=O) groups is 2. The first-order valence-electron chi connectivity index (χ1n) is 8.62. The van der Waals surface area contributed by atoms with E-state index in [2.05, 4.69) is 15.6 Å². The molecule has 0 bridgehead atoms. The van der Waals surface area contributed by atoms with E-state index in [1.807, 2.05) is 13.8 Å². The van der Waals surface area contributed by atoms with Gasteiger partial charge in [-0.3, -0.25) is 20.4 Å². The number of nitrogens with one attached hydrogen (secondary N) is 3. The minimum absolute atomic E-state index is 0.0160. The Bertz CT molecular complexity index is 961. The van der Waals surface area contributed by atoms with Gasteiger partial charge in [0.05, 0.1) is 9.77 Å². The molecule has 1 aliphatic carbocycles. The maximum absolute atomic E-state index is 12.2. The van der Waals surface area contributed by atoms with Gasteiger partial charge in [-0.25, -0.2) is 13.1 Å². The highest BCUT2D eigenvalue weighted by Gasteiger charge is 2.28. The molecular weight excluding hydrogens is 386 g/mol. The summed E-state index contributed by atoms with van der Waals surface area (Å²) >= 11 is 1.39. The van der Waals surface area contributed by atoms with Crippen molar-refractivity contribution in [2.24, 2.45) is 0 Å². The highest BCUT2D eigenvalue weighted by molar-refractivity contribution is 7.89. The molecule has 1 heterocycles. The minimum atomic E-state index is -3.56. The van der Waals surface area contributed by atoms with E-state index in [0.717, 1.165) is 29.7 Å². The Balaban J connectivity index is 1.59. The van der Waals surface area contributed by atoms with Gasteiger partial charge < -0.3 is 0 Å². The lowest BCUT2D eigenvalue weighted by Gasteiger charge is -2.08. The maximum atomic E-state index is 12.2. The van der Waals surface area contributed by atoms with E-state index in [-0.39, 0.29) is 22.4 Å². The SMILES string of the molecule is CCc1sc(C(=O)NNC(=O)c2ccc(S(=O)(=O)NC3CC3)cc2)cc1C. The molecule has 3 N–H and O–H groups in total. The zero-order valence-electron chi connectivity index (χ0n) is 15.0. The summed E-state index contributed by atoms with van der Waals surface area (Å²) in [4.78, 5) is 26.1. The summed E-state index contributed by atoms with van der Waals surface area (Å²) in [5, 5.41) is 0. The molecule has 144 valence electrons. The number of aryl methyl sites for hydroxylation is 2. The highest BCUT2D eigenvalue weighted by Crippen LogP contribution is 2.23. The molecule has 1 saturated carbocycles. The molecule has 0 aliphatic heterocycles. The van der Waals surface area contributed by atoms with E-state index in [0.29, 0.717) is 4.88 Å². The van der Waals surface area contributed by atoms with Gasteiger partial charge in [-0.1, -0.05) is 6.92 Å². The van der Waals surface area contributed by atoms with Gasteiger partial charge in [-0.05, 0) is 62.1 Å². The van der Waals surface area contributed by atoms with Gasteiger partial charge in [0.15, 0.2) is 0 Å². The normalized spacial score (nSPS) is 14.0. The van der Waals surface area contributed by atoms with Gasteiger partial charge in [0.2, 0.25) is 10.0 Å². The molecule has 0 atom stereocenters. The predicted octanol–water partition coefficient (Wildman–Crippen LogP) is 2.13. The second-order valence-electron chi connectivity index (χ2n) is 6.40. The largest absolute Gasteiger partial charge is 0.279 e. The summed E-state index contributed by atoms with van der Waals surface area (Å²) in [6.45, 7) is 3.96. The summed E-state index contributed by atoms with van der Waals surface area (Å²) in [5.41, 5.74) is 6.03. The van der Waals surface area contributed by atoms with Crippen molar-refractivity contribution in [2.75, 3.05) is 0 Å². The van der Waals surface area contributed by atoms with Crippen LogP contribution in [0.5, 0.6) is 0 Å². The molecular formula is C18H21N3O4S2. The van der Waals surface area contributed by atoms with Crippen molar-refractivity contribution in [3.63, 3.8) is 0 Å². The van der Waals surface area contributed by atoms with Crippen LogP contribution in [0.1, 0.15) is 50.2 Å². The van der Waals surface area contributed by atoms with E-state index >= 15 is 0 Å². The van der Waals surface area contributed by atoms with E-state index in [9.17, 15) is 18.0 Å². The van der Waals surface area contributed by atoms with Crippen LogP contribution in [-0.2, 0) is 16.4 Å². The Morgan fingerprint density at radius 1 is 1.11 bits per heavy atom. The molecule has 7 nitrogen and oxygen atoms in total. The molecule has 1 aromatic carbocycles. The summed E-state index contributed by atoms with van der Waals surface area (Å²) in [5.74, 6) is -0.907. The van der Waals surface area contributed by atoms with Crippen molar-refractivity contribution in [3.05, 3.63) is 51.2 Å². The van der Waals surface area contributed by atoms with Crippen molar-refractivity contribution in [1.82, 2.24) is 15.6 Å². The molecule has 0 radical (unpaired) electrons. The molecule has 2 aromatic rings. The van der Waals surface area contributed by atoms with Crippen molar-refractivity contribution in [1.29, 1.82) is 0 Å². The molecule has 0 saturated heterocycles. The Labute approximate surface area is 162 Å². The number of hydrogen-bond acceptors (Lipinski definition) is 5. The van der Waals surface area contributed by atoms with Crippen molar-refractivity contribution < 1.29 is 18.0 Å². The fourth-order valence-electron chi connectivity index (χ4n) is 2.50. The molecule has 1 fully saturated rings. The zero-order valence-corrected chi connectivity index (χ0v) is 16.7. The van der Waals surface area contributed by atoms with Gasteiger partial charge in [0.25, 0.3) is 11.8 Å². The number of hydrazine groups is 1. The average Bonchev–Trinajstić information content (AvgIpc) is 3.37. The Morgan fingerprint density at radius 3 is 2.30 bits per heavy atom. The van der Waals surface area contributed by atoms with Gasteiger partial charge in [0.1, 0.15) is 0 Å². The molecule has 0 unspecified atom stereocenters. The number of thiophene rings is 1. The van der Waals surface area contributed by atoms with E-state index in [4.69, 9.17) is 0 Å². The van der Waals surface area contributed by atoms with Gasteiger partial charge in [-0.15, -0.1) is 11.3 Å². The predicted molar refractivity (Wildman–Crippen MR) is 103 cm³/mol. The second-order valence-corrected chi connectivity index (χ2v) is 9.25. The van der Waals surface area contributed by atoms with Crippen LogP contribution in [0.4, 0.5) is 0 Å². The van der Waals surface area contributed by atoms with Crippen LogP contribution in [0.3, 0.4) is 0 Å². The van der Waals surface area contributed by atoms with E-state index < -0.39 is 15.9 Å². The third-order valence-corrected chi connectivity index (χ3v) is 7.10. The number of hydrogen-bond donors (Lipinski definition) is 3. The summed E-state index contributed by atoms with van der Waals surface area (Å²) in [6.07, 6.45) is 2.55. The van der Waals surface area contributed by atoms with Gasteiger partial charge >= 0.3 is 0 Å². The highest BCUT2D eigenvalue weighted by atomic mass is 32.2. The third-order valence-electron chi connectivity index (χ3n) is 4.18.